The molecule has 0 saturated carbocycles. The molecule has 18 heavy (non-hydrogen) atoms. The maximum atomic E-state index is 9.78. The Kier molecular flexibility index (Phi) is 3.02. The summed E-state index contributed by atoms with van der Waals surface area (Å²) >= 11 is 0. The minimum atomic E-state index is -1.72. The minimum Gasteiger partial charge on any atom is -0.509 e. The average Bonchev–Trinajstić information content (AvgIpc) is 2.36. The Hall–Kier alpha value is -1.98. The van der Waals surface area contributed by atoms with Crippen molar-refractivity contribution in [3.8, 4) is 0 Å². The summed E-state index contributed by atoms with van der Waals surface area (Å²) in [4.78, 5) is 0. The van der Waals surface area contributed by atoms with Crippen molar-refractivity contribution in [2.24, 2.45) is 0 Å². The van der Waals surface area contributed by atoms with E-state index in [4.69, 9.17) is 0 Å². The molecule has 0 heterocycles. The van der Waals surface area contributed by atoms with Gasteiger partial charge in [0.25, 0.3) is 0 Å². The van der Waals surface area contributed by atoms with Gasteiger partial charge in [0.15, 0.2) is 11.5 Å². The molecule has 5 nitrogen and oxygen atoms in total. The van der Waals surface area contributed by atoms with E-state index in [1.165, 1.54) is 0 Å². The Morgan fingerprint density at radius 3 is 1.89 bits per heavy atom. The van der Waals surface area contributed by atoms with Gasteiger partial charge in [0.1, 0.15) is 18.0 Å². The second-order valence-electron chi connectivity index (χ2n) is 4.25. The molecule has 5 heteroatoms. The fourth-order valence-corrected chi connectivity index (χ4v) is 1.84. The van der Waals surface area contributed by atoms with Gasteiger partial charge in [0.05, 0.1) is 5.57 Å². The Morgan fingerprint density at radius 2 is 1.33 bits per heavy atom. The van der Waals surface area contributed by atoms with Gasteiger partial charge in [0.2, 0.25) is 0 Å². The van der Waals surface area contributed by atoms with Gasteiger partial charge in [-0.15, -0.1) is 0 Å². The summed E-state index contributed by atoms with van der Waals surface area (Å²) in [6.45, 7) is 1.88. The molecule has 0 aliphatic heterocycles. The van der Waals surface area contributed by atoms with Crippen LogP contribution in [0.25, 0.3) is 5.57 Å². The third kappa shape index (κ3) is 1.83. The molecule has 0 saturated heterocycles. The van der Waals surface area contributed by atoms with Gasteiger partial charge in [0, 0.05) is 0 Å². The number of rotatable bonds is 1. The van der Waals surface area contributed by atoms with Crippen LogP contribution >= 0.6 is 0 Å². The van der Waals surface area contributed by atoms with Gasteiger partial charge in [-0.1, -0.05) is 29.8 Å². The molecule has 2 rings (SSSR count). The molecule has 0 bridgehead atoms. The molecule has 96 valence electrons. The van der Waals surface area contributed by atoms with Crippen LogP contribution in [0.15, 0.2) is 41.5 Å². The number of hydrogen-bond donors (Lipinski definition) is 5. The number of hydrogen-bond acceptors (Lipinski definition) is 5. The number of aliphatic hydroxyl groups excluding tert-OH is 5. The van der Waals surface area contributed by atoms with Crippen LogP contribution in [0.2, 0.25) is 0 Å². The van der Waals surface area contributed by atoms with Crippen molar-refractivity contribution in [2.75, 3.05) is 0 Å². The topological polar surface area (TPSA) is 101 Å². The molecule has 1 aliphatic rings. The number of aliphatic hydroxyl groups is 5. The van der Waals surface area contributed by atoms with Crippen molar-refractivity contribution in [2.45, 2.75) is 19.1 Å². The smallest absolute Gasteiger partial charge is 0.167 e. The maximum absolute atomic E-state index is 9.78. The zero-order valence-corrected chi connectivity index (χ0v) is 9.70. The van der Waals surface area contributed by atoms with Crippen molar-refractivity contribution in [1.82, 2.24) is 0 Å². The predicted molar refractivity (Wildman–Crippen MR) is 65.0 cm³/mol. The van der Waals surface area contributed by atoms with Crippen molar-refractivity contribution >= 4 is 5.57 Å². The van der Waals surface area contributed by atoms with Crippen LogP contribution in [0.1, 0.15) is 11.1 Å². The van der Waals surface area contributed by atoms with E-state index < -0.39 is 29.5 Å². The molecule has 0 amide bonds. The highest BCUT2D eigenvalue weighted by Gasteiger charge is 2.36. The molecular weight excluding hydrogens is 236 g/mol. The first-order chi connectivity index (χ1) is 8.43. The maximum Gasteiger partial charge on any atom is 0.167 e. The summed E-state index contributed by atoms with van der Waals surface area (Å²) in [6, 6.07) is 6.79. The molecule has 0 fully saturated rings. The van der Waals surface area contributed by atoms with E-state index in [9.17, 15) is 25.5 Å². The van der Waals surface area contributed by atoms with E-state index in [2.05, 4.69) is 0 Å². The van der Waals surface area contributed by atoms with Crippen LogP contribution in [-0.2, 0) is 0 Å². The predicted octanol–water partition coefficient (Wildman–Crippen LogP) is 1.33. The molecule has 2 atom stereocenters. The summed E-state index contributed by atoms with van der Waals surface area (Å²) in [5.41, 5.74) is 1.35. The fraction of sp³-hybridized carbons (Fsp3) is 0.231. The number of allylic oxidation sites excluding steroid dienone is 1. The lowest BCUT2D eigenvalue weighted by Gasteiger charge is -2.25. The molecular formula is C13H14O5. The highest BCUT2D eigenvalue weighted by Crippen LogP contribution is 2.34. The van der Waals surface area contributed by atoms with Crippen LogP contribution in [0, 0.1) is 6.92 Å². The molecule has 0 aromatic heterocycles. The van der Waals surface area contributed by atoms with Gasteiger partial charge >= 0.3 is 0 Å². The lowest BCUT2D eigenvalue weighted by molar-refractivity contribution is 0.00946. The first-order valence-corrected chi connectivity index (χ1v) is 5.42. The first kappa shape index (κ1) is 12.5. The molecule has 5 N–H and O–H groups in total. The van der Waals surface area contributed by atoms with Crippen molar-refractivity contribution in [1.29, 1.82) is 0 Å². The average molecular weight is 250 g/mol. The SMILES string of the molecule is Cc1ccc(C2=C(O)C(O)C(O)C(O)=C2O)cc1. The zero-order chi connectivity index (χ0) is 13.4. The highest BCUT2D eigenvalue weighted by atomic mass is 16.4. The monoisotopic (exact) mass is 250 g/mol. The molecule has 1 aromatic carbocycles. The Morgan fingerprint density at radius 1 is 0.833 bits per heavy atom. The molecule has 0 radical (unpaired) electrons. The van der Waals surface area contributed by atoms with Gasteiger partial charge < -0.3 is 25.5 Å². The Bertz CT molecular complexity index is 527. The van der Waals surface area contributed by atoms with Gasteiger partial charge in [-0.25, -0.2) is 0 Å². The van der Waals surface area contributed by atoms with Crippen LogP contribution in [0.4, 0.5) is 0 Å². The summed E-state index contributed by atoms with van der Waals surface area (Å²) in [7, 11) is 0. The van der Waals surface area contributed by atoms with Gasteiger partial charge in [-0.3, -0.25) is 0 Å². The third-order valence-electron chi connectivity index (χ3n) is 2.94. The van der Waals surface area contributed by atoms with Crippen LogP contribution in [-0.4, -0.2) is 37.7 Å². The van der Waals surface area contributed by atoms with Gasteiger partial charge in [-0.2, -0.15) is 0 Å². The molecule has 0 spiro atoms. The van der Waals surface area contributed by atoms with Crippen molar-refractivity contribution < 1.29 is 25.5 Å². The summed E-state index contributed by atoms with van der Waals surface area (Å²) in [5.74, 6) is -1.95. The van der Waals surface area contributed by atoms with Crippen LogP contribution < -0.4 is 0 Å². The zero-order valence-electron chi connectivity index (χ0n) is 9.70. The molecule has 1 aliphatic carbocycles. The van der Waals surface area contributed by atoms with Crippen LogP contribution in [0.3, 0.4) is 0 Å². The fourth-order valence-electron chi connectivity index (χ4n) is 1.84. The Balaban J connectivity index is 2.58. The summed E-state index contributed by atoms with van der Waals surface area (Å²) < 4.78 is 0. The lowest BCUT2D eigenvalue weighted by atomic mass is 9.91. The van der Waals surface area contributed by atoms with Crippen molar-refractivity contribution in [3.63, 3.8) is 0 Å². The second kappa shape index (κ2) is 4.36. The quantitative estimate of drug-likeness (QED) is 0.517. The first-order valence-electron chi connectivity index (χ1n) is 5.42. The van der Waals surface area contributed by atoms with E-state index in [1.54, 1.807) is 24.3 Å². The van der Waals surface area contributed by atoms with Crippen LogP contribution in [0.5, 0.6) is 0 Å². The standard InChI is InChI=1S/C13H14O5/c1-6-2-4-7(5-3-6)8-9(14)11(16)13(18)12(17)10(8)15/h2-5,11,13-18H,1H3. The summed E-state index contributed by atoms with van der Waals surface area (Å²) in [6.07, 6.45) is -3.38. The van der Waals surface area contributed by atoms with E-state index in [1.807, 2.05) is 6.92 Å². The third-order valence-corrected chi connectivity index (χ3v) is 2.94. The van der Waals surface area contributed by atoms with E-state index in [0.29, 0.717) is 5.56 Å². The Labute approximate surface area is 104 Å². The highest BCUT2D eigenvalue weighted by molar-refractivity contribution is 5.80. The summed E-state index contributed by atoms with van der Waals surface area (Å²) in [5, 5.41) is 48.0. The number of aryl methyl sites for hydroxylation is 1. The van der Waals surface area contributed by atoms with E-state index in [-0.39, 0.29) is 5.57 Å². The second-order valence-corrected chi connectivity index (χ2v) is 4.25. The van der Waals surface area contributed by atoms with E-state index in [0.717, 1.165) is 5.56 Å². The lowest BCUT2D eigenvalue weighted by Crippen LogP contribution is -2.34. The van der Waals surface area contributed by atoms with Gasteiger partial charge in [-0.05, 0) is 12.5 Å². The molecule has 2 unspecified atom stereocenters. The van der Waals surface area contributed by atoms with Crippen molar-refractivity contribution in [3.05, 3.63) is 52.7 Å². The molecule has 1 aromatic rings. The largest absolute Gasteiger partial charge is 0.509 e. The van der Waals surface area contributed by atoms with E-state index >= 15 is 0 Å². The number of benzene rings is 1. The normalized spacial score (nSPS) is 24.6. The minimum absolute atomic E-state index is 0.0784.